The Morgan fingerprint density at radius 2 is 2.06 bits per heavy atom. The Balaban J connectivity index is 2.96. The van der Waals surface area contributed by atoms with Crippen molar-refractivity contribution >= 4 is 21.9 Å². The Morgan fingerprint density at radius 1 is 1.44 bits per heavy atom. The van der Waals surface area contributed by atoms with E-state index in [1.807, 2.05) is 20.8 Å². The molecule has 0 saturated heterocycles. The summed E-state index contributed by atoms with van der Waals surface area (Å²) in [5, 5.41) is 8.90. The van der Waals surface area contributed by atoms with Crippen LogP contribution in [0.15, 0.2) is 22.7 Å². The van der Waals surface area contributed by atoms with Gasteiger partial charge >= 0.3 is 5.97 Å². The van der Waals surface area contributed by atoms with Crippen LogP contribution in [0.3, 0.4) is 0 Å². The summed E-state index contributed by atoms with van der Waals surface area (Å²) in [4.78, 5) is 12.6. The molecule has 0 unspecified atom stereocenters. The molecular formula is C13H17BrFNO2. The zero-order valence-corrected chi connectivity index (χ0v) is 12.3. The number of nitrogens with zero attached hydrogens (tertiary/aromatic N) is 1. The topological polar surface area (TPSA) is 40.5 Å². The number of aliphatic carboxylic acids is 1. The molecule has 0 fully saturated rings. The first kappa shape index (κ1) is 15.1. The van der Waals surface area contributed by atoms with E-state index >= 15 is 0 Å². The molecule has 5 heteroatoms. The highest BCUT2D eigenvalue weighted by molar-refractivity contribution is 9.10. The van der Waals surface area contributed by atoms with Crippen molar-refractivity contribution in [2.45, 2.75) is 32.9 Å². The summed E-state index contributed by atoms with van der Waals surface area (Å²) < 4.78 is 14.4. The number of carboxylic acid groups (broad SMARTS) is 1. The molecule has 3 nitrogen and oxygen atoms in total. The molecule has 1 aromatic carbocycles. The highest BCUT2D eigenvalue weighted by Crippen LogP contribution is 2.21. The molecule has 0 radical (unpaired) electrons. The predicted molar refractivity (Wildman–Crippen MR) is 71.9 cm³/mol. The third-order valence-corrected chi connectivity index (χ3v) is 3.14. The smallest absolute Gasteiger partial charge is 0.317 e. The minimum atomic E-state index is -0.916. The van der Waals surface area contributed by atoms with Gasteiger partial charge in [-0.25, -0.2) is 4.39 Å². The molecule has 0 saturated carbocycles. The summed E-state index contributed by atoms with van der Waals surface area (Å²) in [6, 6.07) is 4.68. The monoisotopic (exact) mass is 317 g/mol. The molecular weight excluding hydrogens is 301 g/mol. The molecule has 0 bridgehead atoms. The average molecular weight is 318 g/mol. The van der Waals surface area contributed by atoms with E-state index in [-0.39, 0.29) is 24.4 Å². The molecule has 0 aliphatic rings. The van der Waals surface area contributed by atoms with Crippen LogP contribution in [0.4, 0.5) is 4.39 Å². The van der Waals surface area contributed by atoms with Crippen molar-refractivity contribution < 1.29 is 14.3 Å². The second-order valence-corrected chi connectivity index (χ2v) is 6.07. The Bertz CT molecular complexity index is 443. The van der Waals surface area contributed by atoms with E-state index in [0.29, 0.717) is 5.56 Å². The van der Waals surface area contributed by atoms with E-state index in [4.69, 9.17) is 5.11 Å². The molecule has 0 atom stereocenters. The van der Waals surface area contributed by atoms with Crippen molar-refractivity contribution in [2.75, 3.05) is 6.54 Å². The molecule has 0 heterocycles. The first-order valence-corrected chi connectivity index (χ1v) is 6.40. The lowest BCUT2D eigenvalue weighted by atomic mass is 10.0. The van der Waals surface area contributed by atoms with Crippen LogP contribution in [-0.4, -0.2) is 28.1 Å². The normalized spacial score (nSPS) is 11.9. The summed E-state index contributed by atoms with van der Waals surface area (Å²) in [7, 11) is 0. The van der Waals surface area contributed by atoms with Gasteiger partial charge in [-0.2, -0.15) is 0 Å². The lowest BCUT2D eigenvalue weighted by Crippen LogP contribution is -2.44. The molecule has 1 rings (SSSR count). The third kappa shape index (κ3) is 4.38. The molecule has 0 aromatic heterocycles. The van der Waals surface area contributed by atoms with Crippen molar-refractivity contribution in [3.63, 3.8) is 0 Å². The van der Waals surface area contributed by atoms with Gasteiger partial charge in [-0.3, -0.25) is 9.69 Å². The first-order valence-electron chi connectivity index (χ1n) is 5.61. The Labute approximate surface area is 115 Å². The van der Waals surface area contributed by atoms with Gasteiger partial charge in [0.25, 0.3) is 0 Å². The standard InChI is InChI=1S/C13H17BrFNO2/c1-13(2,3)16(8-12(17)18)7-9-6-10(14)4-5-11(9)15/h4-6H,7-8H2,1-3H3,(H,17,18). The zero-order chi connectivity index (χ0) is 13.9. The summed E-state index contributed by atoms with van der Waals surface area (Å²) in [5.41, 5.74) is 0.146. The second-order valence-electron chi connectivity index (χ2n) is 5.16. The van der Waals surface area contributed by atoms with Crippen LogP contribution in [0.25, 0.3) is 0 Å². The highest BCUT2D eigenvalue weighted by Gasteiger charge is 2.24. The van der Waals surface area contributed by atoms with E-state index in [1.54, 1.807) is 17.0 Å². The number of carboxylic acids is 1. The van der Waals surface area contributed by atoms with Gasteiger partial charge in [0.2, 0.25) is 0 Å². The number of benzene rings is 1. The first-order chi connectivity index (χ1) is 8.20. The SMILES string of the molecule is CC(C)(C)N(CC(=O)O)Cc1cc(Br)ccc1F. The van der Waals surface area contributed by atoms with E-state index in [0.717, 1.165) is 4.47 Å². The lowest BCUT2D eigenvalue weighted by Gasteiger charge is -2.34. The van der Waals surface area contributed by atoms with Gasteiger partial charge in [0.15, 0.2) is 0 Å². The Hall–Kier alpha value is -0.940. The highest BCUT2D eigenvalue weighted by atomic mass is 79.9. The second kappa shape index (κ2) is 5.80. The maximum absolute atomic E-state index is 13.7. The molecule has 1 aromatic rings. The van der Waals surface area contributed by atoms with Crippen molar-refractivity contribution in [1.82, 2.24) is 4.90 Å². The fourth-order valence-corrected chi connectivity index (χ4v) is 1.97. The predicted octanol–water partition coefficient (Wildman–Crippen LogP) is 3.27. The van der Waals surface area contributed by atoms with Crippen LogP contribution >= 0.6 is 15.9 Å². The average Bonchev–Trinajstić information content (AvgIpc) is 2.20. The van der Waals surface area contributed by atoms with Crippen LogP contribution in [-0.2, 0) is 11.3 Å². The van der Waals surface area contributed by atoms with Crippen molar-refractivity contribution in [3.8, 4) is 0 Å². The van der Waals surface area contributed by atoms with Crippen LogP contribution in [0.5, 0.6) is 0 Å². The van der Waals surface area contributed by atoms with Gasteiger partial charge in [-0.15, -0.1) is 0 Å². The van der Waals surface area contributed by atoms with Gasteiger partial charge in [-0.05, 0) is 39.0 Å². The molecule has 1 N–H and O–H groups in total. The molecule has 100 valence electrons. The number of hydrogen-bond acceptors (Lipinski definition) is 2. The third-order valence-electron chi connectivity index (χ3n) is 2.64. The van der Waals surface area contributed by atoms with E-state index in [1.165, 1.54) is 6.07 Å². The molecule has 0 aliphatic carbocycles. The fraction of sp³-hybridized carbons (Fsp3) is 0.462. The molecule has 0 amide bonds. The maximum atomic E-state index is 13.7. The minimum Gasteiger partial charge on any atom is -0.480 e. The van der Waals surface area contributed by atoms with Crippen LogP contribution < -0.4 is 0 Å². The number of halogens is 2. The van der Waals surface area contributed by atoms with Gasteiger partial charge < -0.3 is 5.11 Å². The largest absolute Gasteiger partial charge is 0.480 e. The van der Waals surface area contributed by atoms with Gasteiger partial charge in [0, 0.05) is 22.1 Å². The number of rotatable bonds is 4. The van der Waals surface area contributed by atoms with Crippen molar-refractivity contribution in [2.24, 2.45) is 0 Å². The van der Waals surface area contributed by atoms with E-state index in [9.17, 15) is 9.18 Å². The summed E-state index contributed by atoms with van der Waals surface area (Å²) in [6.45, 7) is 5.88. The van der Waals surface area contributed by atoms with Crippen molar-refractivity contribution in [3.05, 3.63) is 34.1 Å². The summed E-state index contributed by atoms with van der Waals surface area (Å²) >= 11 is 3.29. The van der Waals surface area contributed by atoms with E-state index < -0.39 is 5.97 Å². The minimum absolute atomic E-state index is 0.116. The summed E-state index contributed by atoms with van der Waals surface area (Å²) in [5.74, 6) is -1.24. The fourth-order valence-electron chi connectivity index (χ4n) is 1.56. The van der Waals surface area contributed by atoms with Gasteiger partial charge in [0.05, 0.1) is 6.54 Å². The van der Waals surface area contributed by atoms with Crippen LogP contribution in [0.1, 0.15) is 26.3 Å². The quantitative estimate of drug-likeness (QED) is 0.926. The molecule has 18 heavy (non-hydrogen) atoms. The zero-order valence-electron chi connectivity index (χ0n) is 10.7. The molecule has 0 spiro atoms. The molecule has 0 aliphatic heterocycles. The van der Waals surface area contributed by atoms with Crippen molar-refractivity contribution in [1.29, 1.82) is 0 Å². The Kier molecular flexibility index (Phi) is 4.87. The van der Waals surface area contributed by atoms with Crippen LogP contribution in [0.2, 0.25) is 0 Å². The number of hydrogen-bond donors (Lipinski definition) is 1. The lowest BCUT2D eigenvalue weighted by molar-refractivity contribution is -0.139. The number of carbonyl (C=O) groups is 1. The van der Waals surface area contributed by atoms with Gasteiger partial charge in [0.1, 0.15) is 5.82 Å². The maximum Gasteiger partial charge on any atom is 0.317 e. The van der Waals surface area contributed by atoms with E-state index in [2.05, 4.69) is 15.9 Å². The summed E-state index contributed by atoms with van der Waals surface area (Å²) in [6.07, 6.45) is 0. The Morgan fingerprint density at radius 3 is 2.56 bits per heavy atom. The van der Waals surface area contributed by atoms with Crippen LogP contribution in [0, 0.1) is 5.82 Å². The van der Waals surface area contributed by atoms with Gasteiger partial charge in [-0.1, -0.05) is 15.9 Å².